The van der Waals surface area contributed by atoms with Crippen LogP contribution in [-0.4, -0.2) is 87.5 Å². The van der Waals surface area contributed by atoms with E-state index in [9.17, 15) is 30.3 Å². The molecule has 0 aromatic rings. The maximum atomic E-state index is 13.0. The highest BCUT2D eigenvalue weighted by Crippen LogP contribution is 2.23. The molecule has 9 heteroatoms. The first kappa shape index (κ1) is 63.7. The lowest BCUT2D eigenvalue weighted by atomic mass is 9.99. The first-order valence-corrected chi connectivity index (χ1v) is 29.1. The van der Waals surface area contributed by atoms with Crippen LogP contribution in [0, 0.1) is 0 Å². The largest absolute Gasteiger partial charge is 0.394 e. The zero-order chi connectivity index (χ0) is 48.7. The number of rotatable bonds is 50. The highest BCUT2D eigenvalue weighted by molar-refractivity contribution is 5.76. The molecule has 1 amide bonds. The molecule has 0 aromatic carbocycles. The van der Waals surface area contributed by atoms with E-state index in [0.29, 0.717) is 6.42 Å². The van der Waals surface area contributed by atoms with Crippen molar-refractivity contribution in [3.05, 3.63) is 24.3 Å². The lowest BCUT2D eigenvalue weighted by Gasteiger charge is -2.40. The Labute approximate surface area is 413 Å². The highest BCUT2D eigenvalue weighted by Gasteiger charge is 2.44. The highest BCUT2D eigenvalue weighted by atomic mass is 16.7. The summed E-state index contributed by atoms with van der Waals surface area (Å²) in [5.41, 5.74) is 0. The zero-order valence-electron chi connectivity index (χ0n) is 43.9. The lowest BCUT2D eigenvalue weighted by molar-refractivity contribution is -0.302. The molecule has 1 aliphatic rings. The van der Waals surface area contributed by atoms with Gasteiger partial charge in [0.1, 0.15) is 24.4 Å². The van der Waals surface area contributed by atoms with Gasteiger partial charge in [0.25, 0.3) is 0 Å². The van der Waals surface area contributed by atoms with E-state index in [1.807, 2.05) is 6.08 Å². The predicted octanol–water partition coefficient (Wildman–Crippen LogP) is 14.2. The Kier molecular flexibility index (Phi) is 45.9. The molecule has 7 unspecified atom stereocenters. The van der Waals surface area contributed by atoms with Gasteiger partial charge >= 0.3 is 0 Å². The summed E-state index contributed by atoms with van der Waals surface area (Å²) in [5, 5.41) is 54.5. The Hall–Kier alpha value is -1.33. The van der Waals surface area contributed by atoms with Crippen LogP contribution in [-0.2, 0) is 14.3 Å². The number of nitrogens with one attached hydrogen (secondary N) is 1. The van der Waals surface area contributed by atoms with Crippen molar-refractivity contribution in [2.75, 3.05) is 13.2 Å². The van der Waals surface area contributed by atoms with Gasteiger partial charge in [0, 0.05) is 6.42 Å². The van der Waals surface area contributed by atoms with Gasteiger partial charge in [0.2, 0.25) is 5.91 Å². The van der Waals surface area contributed by atoms with E-state index in [1.165, 1.54) is 225 Å². The summed E-state index contributed by atoms with van der Waals surface area (Å²) in [6, 6.07) is -0.818. The molecular weight excluding hydrogens is 839 g/mol. The number of hydrogen-bond acceptors (Lipinski definition) is 8. The molecule has 1 fully saturated rings. The van der Waals surface area contributed by atoms with Crippen molar-refractivity contribution >= 4 is 5.91 Å². The average molecular weight is 951 g/mol. The van der Waals surface area contributed by atoms with Gasteiger partial charge < -0.3 is 40.3 Å². The smallest absolute Gasteiger partial charge is 0.220 e. The lowest BCUT2D eigenvalue weighted by Crippen LogP contribution is -2.60. The van der Waals surface area contributed by atoms with E-state index >= 15 is 0 Å². The standard InChI is InChI=1S/C58H111NO8/c1-3-5-7-9-11-13-15-17-19-21-22-23-24-25-26-27-28-29-30-32-33-35-37-39-41-43-45-47-52(61)51(50-66-58-57(65)56(64)55(63)53(49-60)67-58)59-54(62)48-46-44-42-40-38-36-34-31-20-18-16-14-12-10-8-6-4-2/h37,39,45,47,51-53,55-58,60-61,63-65H,3-36,38,40-44,46,48-50H2,1-2H3,(H,59,62)/b39-37+,47-45+. The van der Waals surface area contributed by atoms with Gasteiger partial charge in [-0.15, -0.1) is 0 Å². The third-order valence-corrected chi connectivity index (χ3v) is 14.0. The fourth-order valence-corrected chi connectivity index (χ4v) is 9.41. The van der Waals surface area contributed by atoms with E-state index < -0.39 is 49.5 Å². The fraction of sp³-hybridized carbons (Fsp3) is 0.914. The molecular formula is C58H111NO8. The second kappa shape index (κ2) is 48.3. The molecule has 0 bridgehead atoms. The van der Waals surface area contributed by atoms with Crippen LogP contribution in [0.4, 0.5) is 0 Å². The second-order valence-electron chi connectivity index (χ2n) is 20.4. The van der Waals surface area contributed by atoms with Crippen molar-refractivity contribution in [2.24, 2.45) is 0 Å². The summed E-state index contributed by atoms with van der Waals surface area (Å²) in [6.07, 6.45) is 54.0. The van der Waals surface area contributed by atoms with E-state index in [0.717, 1.165) is 38.5 Å². The van der Waals surface area contributed by atoms with E-state index in [-0.39, 0.29) is 12.5 Å². The number of unbranched alkanes of at least 4 members (excludes halogenated alkanes) is 38. The molecule has 0 spiro atoms. The minimum absolute atomic E-state index is 0.182. The van der Waals surface area contributed by atoms with Crippen LogP contribution >= 0.6 is 0 Å². The van der Waals surface area contributed by atoms with Gasteiger partial charge in [-0.1, -0.05) is 269 Å². The summed E-state index contributed by atoms with van der Waals surface area (Å²) in [4.78, 5) is 13.0. The maximum absolute atomic E-state index is 13.0. The van der Waals surface area contributed by atoms with Crippen molar-refractivity contribution in [1.82, 2.24) is 5.32 Å². The van der Waals surface area contributed by atoms with Gasteiger partial charge in [-0.3, -0.25) is 4.79 Å². The van der Waals surface area contributed by atoms with Crippen molar-refractivity contribution in [2.45, 2.75) is 326 Å². The van der Waals surface area contributed by atoms with Crippen molar-refractivity contribution in [3.8, 4) is 0 Å². The van der Waals surface area contributed by atoms with Crippen LogP contribution in [0.3, 0.4) is 0 Å². The third-order valence-electron chi connectivity index (χ3n) is 14.0. The number of ether oxygens (including phenoxy) is 2. The molecule has 1 saturated heterocycles. The molecule has 7 atom stereocenters. The number of amides is 1. The summed E-state index contributed by atoms with van der Waals surface area (Å²) >= 11 is 0. The van der Waals surface area contributed by atoms with Crippen LogP contribution in [0.1, 0.15) is 284 Å². The van der Waals surface area contributed by atoms with Crippen molar-refractivity contribution in [3.63, 3.8) is 0 Å². The summed E-state index contributed by atoms with van der Waals surface area (Å²) in [7, 11) is 0. The molecule has 396 valence electrons. The van der Waals surface area contributed by atoms with E-state index in [2.05, 4.69) is 31.3 Å². The summed E-state index contributed by atoms with van der Waals surface area (Å²) in [5.74, 6) is -0.182. The first-order valence-electron chi connectivity index (χ1n) is 29.1. The van der Waals surface area contributed by atoms with Gasteiger partial charge in [-0.25, -0.2) is 0 Å². The number of carbonyl (C=O) groups excluding carboxylic acids is 1. The molecule has 0 aliphatic carbocycles. The van der Waals surface area contributed by atoms with Crippen LogP contribution in [0.15, 0.2) is 24.3 Å². The Morgan fingerprint density at radius 3 is 1.25 bits per heavy atom. The molecule has 6 N–H and O–H groups in total. The quantitative estimate of drug-likeness (QED) is 0.0261. The minimum Gasteiger partial charge on any atom is -0.394 e. The molecule has 9 nitrogen and oxygen atoms in total. The van der Waals surface area contributed by atoms with Gasteiger partial charge in [0.15, 0.2) is 6.29 Å². The fourth-order valence-electron chi connectivity index (χ4n) is 9.41. The van der Waals surface area contributed by atoms with Crippen LogP contribution in [0.2, 0.25) is 0 Å². The molecule has 1 aliphatic heterocycles. The Morgan fingerprint density at radius 1 is 0.493 bits per heavy atom. The van der Waals surface area contributed by atoms with Crippen molar-refractivity contribution in [1.29, 1.82) is 0 Å². The monoisotopic (exact) mass is 950 g/mol. The predicted molar refractivity (Wildman–Crippen MR) is 281 cm³/mol. The third kappa shape index (κ3) is 38.1. The summed E-state index contributed by atoms with van der Waals surface area (Å²) < 4.78 is 11.3. The molecule has 67 heavy (non-hydrogen) atoms. The Morgan fingerprint density at radius 2 is 0.851 bits per heavy atom. The molecule has 1 rings (SSSR count). The van der Waals surface area contributed by atoms with Gasteiger partial charge in [0.05, 0.1) is 25.4 Å². The number of aliphatic hydroxyl groups is 5. The topological polar surface area (TPSA) is 149 Å². The number of aliphatic hydroxyl groups excluding tert-OH is 5. The number of allylic oxidation sites excluding steroid dienone is 3. The zero-order valence-corrected chi connectivity index (χ0v) is 43.9. The van der Waals surface area contributed by atoms with Crippen molar-refractivity contribution < 1.29 is 39.8 Å². The second-order valence-corrected chi connectivity index (χ2v) is 20.4. The SMILES string of the molecule is CCCCCCCCCCCCCCCCCCCCCCC/C=C/CC/C=C/C(O)C(COC1OC(CO)C(O)C(O)C1O)NC(=O)CCCCCCCCCCCCCCCCCCC. The van der Waals surface area contributed by atoms with Gasteiger partial charge in [-0.2, -0.15) is 0 Å². The first-order chi connectivity index (χ1) is 32.8. The van der Waals surface area contributed by atoms with Crippen LogP contribution in [0.25, 0.3) is 0 Å². The van der Waals surface area contributed by atoms with Crippen LogP contribution in [0.5, 0.6) is 0 Å². The maximum Gasteiger partial charge on any atom is 0.220 e. The van der Waals surface area contributed by atoms with E-state index in [1.54, 1.807) is 6.08 Å². The Bertz CT molecular complexity index is 1100. The normalized spacial score (nSPS) is 19.8. The van der Waals surface area contributed by atoms with E-state index in [4.69, 9.17) is 9.47 Å². The molecule has 1 heterocycles. The summed E-state index contributed by atoms with van der Waals surface area (Å²) in [6.45, 7) is 3.80. The number of hydrogen-bond donors (Lipinski definition) is 6. The number of carbonyl (C=O) groups is 1. The average Bonchev–Trinajstić information content (AvgIpc) is 3.33. The molecule has 0 aromatic heterocycles. The van der Waals surface area contributed by atoms with Gasteiger partial charge in [-0.05, 0) is 32.1 Å². The van der Waals surface area contributed by atoms with Crippen LogP contribution < -0.4 is 5.32 Å². The minimum atomic E-state index is -1.57. The Balaban J connectivity index is 2.22. The molecule has 0 saturated carbocycles. The molecule has 0 radical (unpaired) electrons.